The Morgan fingerprint density at radius 2 is 1.81 bits per heavy atom. The lowest BCUT2D eigenvalue weighted by Crippen LogP contribution is -2.48. The molecule has 4 rings (SSSR count). The van der Waals surface area contributed by atoms with Crippen LogP contribution in [-0.4, -0.2) is 53.9 Å². The van der Waals surface area contributed by atoms with Crippen molar-refractivity contribution in [3.63, 3.8) is 0 Å². The van der Waals surface area contributed by atoms with Crippen LogP contribution in [0.15, 0.2) is 0 Å². The van der Waals surface area contributed by atoms with Crippen LogP contribution in [-0.2, 0) is 22.4 Å². The Kier molecular flexibility index (Phi) is 5.66. The molecule has 1 saturated heterocycles. The summed E-state index contributed by atoms with van der Waals surface area (Å²) in [4.78, 5) is 34.5. The molecule has 148 valence electrons. The van der Waals surface area contributed by atoms with E-state index in [9.17, 15) is 9.59 Å². The molecule has 0 bridgehead atoms. The summed E-state index contributed by atoms with van der Waals surface area (Å²) >= 11 is 1.75. The lowest BCUT2D eigenvalue weighted by atomic mass is 9.89. The smallest absolute Gasteiger partial charge is 0.223 e. The van der Waals surface area contributed by atoms with Gasteiger partial charge in [-0.25, -0.2) is 4.98 Å². The Balaban J connectivity index is 1.35. The lowest BCUT2D eigenvalue weighted by Gasteiger charge is -2.33. The molecule has 1 aromatic rings. The summed E-state index contributed by atoms with van der Waals surface area (Å²) in [6.45, 7) is 4.86. The van der Waals surface area contributed by atoms with Gasteiger partial charge in [0.15, 0.2) is 5.13 Å². The fourth-order valence-corrected chi connectivity index (χ4v) is 5.74. The Labute approximate surface area is 165 Å². The van der Waals surface area contributed by atoms with E-state index in [0.717, 1.165) is 63.4 Å². The van der Waals surface area contributed by atoms with Crippen molar-refractivity contribution >= 4 is 28.3 Å². The van der Waals surface area contributed by atoms with Crippen LogP contribution in [0.3, 0.4) is 0 Å². The summed E-state index contributed by atoms with van der Waals surface area (Å²) in [7, 11) is 0. The fourth-order valence-electron chi connectivity index (χ4n) is 4.50. The molecule has 2 fully saturated rings. The monoisotopic (exact) mass is 390 g/mol. The summed E-state index contributed by atoms with van der Waals surface area (Å²) in [6.07, 6.45) is 8.72. The number of nitrogens with one attached hydrogen (secondary N) is 1. The maximum atomic E-state index is 12.7. The summed E-state index contributed by atoms with van der Waals surface area (Å²) < 4.78 is 0. The van der Waals surface area contributed by atoms with Crippen molar-refractivity contribution in [1.82, 2.24) is 15.2 Å². The van der Waals surface area contributed by atoms with Gasteiger partial charge in [0.1, 0.15) is 0 Å². The second-order valence-electron chi connectivity index (χ2n) is 8.14. The predicted molar refractivity (Wildman–Crippen MR) is 107 cm³/mol. The molecular formula is C20H30N4O2S. The number of anilines is 1. The minimum absolute atomic E-state index is 0.0993. The second-order valence-corrected chi connectivity index (χ2v) is 9.20. The molecular weight excluding hydrogens is 360 g/mol. The number of hydrogen-bond acceptors (Lipinski definition) is 5. The number of nitrogens with zero attached hydrogens (tertiary/aromatic N) is 3. The molecule has 1 aliphatic heterocycles. The van der Waals surface area contributed by atoms with Gasteiger partial charge < -0.3 is 15.1 Å². The minimum atomic E-state index is 0.0993. The first-order chi connectivity index (χ1) is 13.1. The predicted octanol–water partition coefficient (Wildman–Crippen LogP) is 2.37. The molecule has 0 aromatic carbocycles. The van der Waals surface area contributed by atoms with Crippen molar-refractivity contribution in [2.75, 3.05) is 31.1 Å². The molecule has 0 radical (unpaired) electrons. The van der Waals surface area contributed by atoms with Crippen molar-refractivity contribution in [1.29, 1.82) is 0 Å². The number of hydrogen-bond donors (Lipinski definition) is 1. The zero-order valence-electron chi connectivity index (χ0n) is 16.2. The van der Waals surface area contributed by atoms with Gasteiger partial charge in [-0.3, -0.25) is 9.59 Å². The number of aromatic nitrogens is 1. The third-order valence-corrected chi connectivity index (χ3v) is 7.43. The first-order valence-electron chi connectivity index (χ1n) is 10.4. The number of fused-ring (bicyclic) bond motifs is 1. The quantitative estimate of drug-likeness (QED) is 0.861. The van der Waals surface area contributed by atoms with Gasteiger partial charge in [-0.15, -0.1) is 11.3 Å². The van der Waals surface area contributed by atoms with Crippen molar-refractivity contribution in [2.24, 2.45) is 5.92 Å². The van der Waals surface area contributed by atoms with Crippen molar-refractivity contribution in [2.45, 2.75) is 64.3 Å². The standard InChI is InChI=1S/C20H30N4O2S/c1-14(25)23-9-11-24(12-10-23)20-22-17-8-7-15(13-18(17)27-20)19(26)21-16-5-3-2-4-6-16/h15-16H,2-13H2,1H3,(H,21,26)/t15-/m0/s1. The van der Waals surface area contributed by atoms with E-state index in [2.05, 4.69) is 10.2 Å². The van der Waals surface area contributed by atoms with Gasteiger partial charge in [0.2, 0.25) is 11.8 Å². The van der Waals surface area contributed by atoms with E-state index in [4.69, 9.17) is 4.98 Å². The third-order valence-electron chi connectivity index (χ3n) is 6.25. The first kappa shape index (κ1) is 18.7. The average molecular weight is 391 g/mol. The molecule has 3 aliphatic rings. The second kappa shape index (κ2) is 8.17. The van der Waals surface area contributed by atoms with Crippen LogP contribution in [0.1, 0.15) is 56.0 Å². The fraction of sp³-hybridized carbons (Fsp3) is 0.750. The number of carbonyl (C=O) groups is 2. The molecule has 1 saturated carbocycles. The summed E-state index contributed by atoms with van der Waals surface area (Å²) in [5.74, 6) is 0.500. The highest BCUT2D eigenvalue weighted by molar-refractivity contribution is 7.15. The van der Waals surface area contributed by atoms with Crippen molar-refractivity contribution in [3.05, 3.63) is 10.6 Å². The van der Waals surface area contributed by atoms with Gasteiger partial charge in [0.05, 0.1) is 5.69 Å². The maximum absolute atomic E-state index is 12.7. The number of thiazole rings is 1. The molecule has 2 amide bonds. The zero-order chi connectivity index (χ0) is 18.8. The van der Waals surface area contributed by atoms with Crippen LogP contribution in [0.25, 0.3) is 0 Å². The molecule has 2 heterocycles. The van der Waals surface area contributed by atoms with Gasteiger partial charge in [-0.05, 0) is 32.1 Å². The molecule has 0 unspecified atom stereocenters. The van der Waals surface area contributed by atoms with Crippen LogP contribution in [0.5, 0.6) is 0 Å². The Bertz CT molecular complexity index is 690. The topological polar surface area (TPSA) is 65.5 Å². The van der Waals surface area contributed by atoms with E-state index < -0.39 is 0 Å². The van der Waals surface area contributed by atoms with Crippen LogP contribution < -0.4 is 10.2 Å². The molecule has 7 heteroatoms. The van der Waals surface area contributed by atoms with E-state index in [0.29, 0.717) is 6.04 Å². The SMILES string of the molecule is CC(=O)N1CCN(c2nc3c(s2)C[C@@H](C(=O)NC2CCCCC2)CC3)CC1. The molecule has 1 atom stereocenters. The van der Waals surface area contributed by atoms with Gasteiger partial charge >= 0.3 is 0 Å². The van der Waals surface area contributed by atoms with E-state index in [1.807, 2.05) is 4.90 Å². The van der Waals surface area contributed by atoms with Crippen molar-refractivity contribution in [3.8, 4) is 0 Å². The number of carbonyl (C=O) groups excluding carboxylic acids is 2. The van der Waals surface area contributed by atoms with Crippen molar-refractivity contribution < 1.29 is 9.59 Å². The molecule has 0 spiro atoms. The van der Waals surface area contributed by atoms with Crippen LogP contribution >= 0.6 is 11.3 Å². The highest BCUT2D eigenvalue weighted by atomic mass is 32.1. The van der Waals surface area contributed by atoms with Crippen LogP contribution in [0.2, 0.25) is 0 Å². The highest BCUT2D eigenvalue weighted by Crippen LogP contribution is 2.34. The average Bonchev–Trinajstić information content (AvgIpc) is 3.12. The minimum Gasteiger partial charge on any atom is -0.353 e. The van der Waals surface area contributed by atoms with Gasteiger partial charge in [-0.1, -0.05) is 19.3 Å². The van der Waals surface area contributed by atoms with Gasteiger partial charge in [-0.2, -0.15) is 0 Å². The molecule has 1 aromatic heterocycles. The molecule has 1 N–H and O–H groups in total. The Morgan fingerprint density at radius 1 is 1.07 bits per heavy atom. The number of piperazine rings is 1. The Hall–Kier alpha value is -1.63. The molecule has 27 heavy (non-hydrogen) atoms. The number of aryl methyl sites for hydroxylation is 1. The number of rotatable bonds is 3. The van der Waals surface area contributed by atoms with E-state index in [1.165, 1.54) is 29.8 Å². The normalized spacial score (nSPS) is 23.8. The largest absolute Gasteiger partial charge is 0.353 e. The molecule has 2 aliphatic carbocycles. The van der Waals surface area contributed by atoms with Crippen LogP contribution in [0, 0.1) is 5.92 Å². The number of amides is 2. The molecule has 6 nitrogen and oxygen atoms in total. The maximum Gasteiger partial charge on any atom is 0.223 e. The summed E-state index contributed by atoms with van der Waals surface area (Å²) in [5, 5.41) is 4.37. The summed E-state index contributed by atoms with van der Waals surface area (Å²) in [6, 6.07) is 0.391. The Morgan fingerprint density at radius 3 is 2.52 bits per heavy atom. The lowest BCUT2D eigenvalue weighted by molar-refractivity contribution is -0.129. The van der Waals surface area contributed by atoms with Gasteiger partial charge in [0, 0.05) is 49.9 Å². The van der Waals surface area contributed by atoms with Crippen LogP contribution in [0.4, 0.5) is 5.13 Å². The first-order valence-corrected chi connectivity index (χ1v) is 11.2. The zero-order valence-corrected chi connectivity index (χ0v) is 17.0. The summed E-state index contributed by atoms with van der Waals surface area (Å²) in [5.41, 5.74) is 1.19. The van der Waals surface area contributed by atoms with E-state index >= 15 is 0 Å². The highest BCUT2D eigenvalue weighted by Gasteiger charge is 2.30. The third kappa shape index (κ3) is 4.28. The van der Waals surface area contributed by atoms with E-state index in [1.54, 1.807) is 18.3 Å². The van der Waals surface area contributed by atoms with E-state index in [-0.39, 0.29) is 17.7 Å². The van der Waals surface area contributed by atoms with Gasteiger partial charge in [0.25, 0.3) is 0 Å².